The van der Waals surface area contributed by atoms with E-state index in [2.05, 4.69) is 5.32 Å². The molecule has 4 heteroatoms. The Hall–Kier alpha value is -0.640. The molecule has 1 N–H and O–H groups in total. The maximum absolute atomic E-state index is 13.7. The van der Waals surface area contributed by atoms with Gasteiger partial charge < -0.3 is 10.1 Å². The molecule has 1 unspecified atom stereocenters. The molecule has 0 radical (unpaired) electrons. The second-order valence-corrected chi connectivity index (χ2v) is 5.02. The Morgan fingerprint density at radius 2 is 1.93 bits per heavy atom. The lowest BCUT2D eigenvalue weighted by Gasteiger charge is -2.27. The van der Waals surface area contributed by atoms with Gasteiger partial charge in [-0.05, 0) is 46.7 Å². The van der Waals surface area contributed by atoms with Crippen LogP contribution in [0.3, 0.4) is 0 Å². The van der Waals surface area contributed by atoms with Crippen molar-refractivity contribution in [2.24, 2.45) is 5.92 Å². The monoisotopic (exact) mass is 217 g/mol. The van der Waals surface area contributed by atoms with Crippen LogP contribution < -0.4 is 5.32 Å². The van der Waals surface area contributed by atoms with Gasteiger partial charge in [-0.2, -0.15) is 0 Å². The smallest absolute Gasteiger partial charge is 0.341 e. The predicted octanol–water partition coefficient (Wildman–Crippen LogP) is 1.67. The standard InChI is InChI=1S/C11H20FNO2/c1-11(2,3)15-10(14)9(12)8-4-6-13-7-5-8/h8-9,13H,4-7H2,1-3H3. The predicted molar refractivity (Wildman–Crippen MR) is 56.3 cm³/mol. The van der Waals surface area contributed by atoms with Crippen molar-refractivity contribution >= 4 is 5.97 Å². The third-order valence-electron chi connectivity index (χ3n) is 2.43. The van der Waals surface area contributed by atoms with Gasteiger partial charge in [0, 0.05) is 5.92 Å². The molecule has 0 aliphatic carbocycles. The summed E-state index contributed by atoms with van der Waals surface area (Å²) in [6.45, 7) is 6.82. The van der Waals surface area contributed by atoms with Crippen molar-refractivity contribution in [3.63, 3.8) is 0 Å². The summed E-state index contributed by atoms with van der Waals surface area (Å²) in [4.78, 5) is 11.4. The molecule has 0 aromatic carbocycles. The number of ether oxygens (including phenoxy) is 1. The summed E-state index contributed by atoms with van der Waals surface area (Å²) >= 11 is 0. The van der Waals surface area contributed by atoms with Gasteiger partial charge in [0.2, 0.25) is 0 Å². The highest BCUT2D eigenvalue weighted by Gasteiger charge is 2.32. The number of carbonyl (C=O) groups excluding carboxylic acids is 1. The molecule has 0 aromatic heterocycles. The molecule has 0 amide bonds. The zero-order valence-electron chi connectivity index (χ0n) is 9.68. The zero-order valence-corrected chi connectivity index (χ0v) is 9.68. The van der Waals surface area contributed by atoms with Gasteiger partial charge in [-0.15, -0.1) is 0 Å². The van der Waals surface area contributed by atoms with Gasteiger partial charge in [-0.3, -0.25) is 0 Å². The summed E-state index contributed by atoms with van der Waals surface area (Å²) in [5, 5.41) is 3.14. The van der Waals surface area contributed by atoms with Gasteiger partial charge in [-0.1, -0.05) is 0 Å². The molecule has 0 saturated carbocycles. The molecule has 15 heavy (non-hydrogen) atoms. The summed E-state index contributed by atoms with van der Waals surface area (Å²) in [5.74, 6) is -0.893. The Labute approximate surface area is 90.4 Å². The SMILES string of the molecule is CC(C)(C)OC(=O)C(F)C1CCNCC1. The Kier molecular flexibility index (Phi) is 4.08. The minimum Gasteiger partial charge on any atom is -0.458 e. The van der Waals surface area contributed by atoms with Gasteiger partial charge in [0.05, 0.1) is 0 Å². The molecule has 1 atom stereocenters. The molecule has 1 saturated heterocycles. The van der Waals surface area contributed by atoms with Crippen LogP contribution in [0.4, 0.5) is 4.39 Å². The largest absolute Gasteiger partial charge is 0.458 e. The number of halogens is 1. The third kappa shape index (κ3) is 4.16. The number of hydrogen-bond donors (Lipinski definition) is 1. The van der Waals surface area contributed by atoms with Gasteiger partial charge in [0.25, 0.3) is 0 Å². The van der Waals surface area contributed by atoms with Crippen LogP contribution in [0.25, 0.3) is 0 Å². The maximum Gasteiger partial charge on any atom is 0.341 e. The summed E-state index contributed by atoms with van der Waals surface area (Å²) < 4.78 is 18.7. The van der Waals surface area contributed by atoms with E-state index in [4.69, 9.17) is 4.74 Å². The number of rotatable bonds is 2. The maximum atomic E-state index is 13.7. The molecular weight excluding hydrogens is 197 g/mol. The first-order valence-corrected chi connectivity index (χ1v) is 5.48. The van der Waals surface area contributed by atoms with Crippen molar-refractivity contribution in [1.29, 1.82) is 0 Å². The molecule has 1 aliphatic rings. The van der Waals surface area contributed by atoms with Crippen LogP contribution >= 0.6 is 0 Å². The highest BCUT2D eigenvalue weighted by molar-refractivity contribution is 5.75. The second kappa shape index (κ2) is 4.92. The molecule has 3 nitrogen and oxygen atoms in total. The van der Waals surface area contributed by atoms with E-state index in [1.54, 1.807) is 20.8 Å². The van der Waals surface area contributed by atoms with Crippen LogP contribution in [0.5, 0.6) is 0 Å². The summed E-state index contributed by atoms with van der Waals surface area (Å²) in [5.41, 5.74) is -0.603. The lowest BCUT2D eigenvalue weighted by molar-refractivity contribution is -0.163. The number of carbonyl (C=O) groups is 1. The minimum absolute atomic E-state index is 0.180. The van der Waals surface area contributed by atoms with Crippen molar-refractivity contribution in [2.45, 2.75) is 45.4 Å². The van der Waals surface area contributed by atoms with Crippen molar-refractivity contribution < 1.29 is 13.9 Å². The molecule has 1 aliphatic heterocycles. The first-order chi connectivity index (χ1) is 6.90. The van der Waals surface area contributed by atoms with E-state index >= 15 is 0 Å². The van der Waals surface area contributed by atoms with Crippen molar-refractivity contribution in [3.8, 4) is 0 Å². The van der Waals surface area contributed by atoms with E-state index in [1.807, 2.05) is 0 Å². The lowest BCUT2D eigenvalue weighted by Crippen LogP contribution is -2.38. The van der Waals surface area contributed by atoms with E-state index in [0.29, 0.717) is 12.8 Å². The fourth-order valence-electron chi connectivity index (χ4n) is 1.69. The van der Waals surface area contributed by atoms with Crippen molar-refractivity contribution in [1.82, 2.24) is 5.32 Å². The van der Waals surface area contributed by atoms with Crippen LogP contribution in [0.2, 0.25) is 0 Å². The fourth-order valence-corrected chi connectivity index (χ4v) is 1.69. The molecule has 88 valence electrons. The topological polar surface area (TPSA) is 38.3 Å². The van der Waals surface area contributed by atoms with Crippen LogP contribution in [-0.4, -0.2) is 30.8 Å². The normalized spacial score (nSPS) is 21.1. The summed E-state index contributed by atoms with van der Waals surface area (Å²) in [7, 11) is 0. The number of nitrogens with one attached hydrogen (secondary N) is 1. The molecular formula is C11H20FNO2. The highest BCUT2D eigenvalue weighted by Crippen LogP contribution is 2.22. The Balaban J connectivity index is 2.44. The van der Waals surface area contributed by atoms with Crippen molar-refractivity contribution in [2.75, 3.05) is 13.1 Å². The molecule has 1 rings (SSSR count). The lowest BCUT2D eigenvalue weighted by atomic mass is 9.93. The Morgan fingerprint density at radius 3 is 2.40 bits per heavy atom. The molecule has 1 fully saturated rings. The number of hydrogen-bond acceptors (Lipinski definition) is 3. The quantitative estimate of drug-likeness (QED) is 0.715. The van der Waals surface area contributed by atoms with Crippen LogP contribution in [-0.2, 0) is 9.53 Å². The minimum atomic E-state index is -1.47. The van der Waals surface area contributed by atoms with Crippen LogP contribution in [0.1, 0.15) is 33.6 Å². The second-order valence-electron chi connectivity index (χ2n) is 5.02. The van der Waals surface area contributed by atoms with Gasteiger partial charge in [0.15, 0.2) is 6.17 Å². The summed E-state index contributed by atoms with van der Waals surface area (Å²) in [6, 6.07) is 0. The van der Waals surface area contributed by atoms with E-state index in [-0.39, 0.29) is 5.92 Å². The van der Waals surface area contributed by atoms with Crippen LogP contribution in [0, 0.1) is 5.92 Å². The zero-order chi connectivity index (χ0) is 11.5. The number of esters is 1. The Bertz CT molecular complexity index is 219. The highest BCUT2D eigenvalue weighted by atomic mass is 19.1. The average molecular weight is 217 g/mol. The van der Waals surface area contributed by atoms with Gasteiger partial charge >= 0.3 is 5.97 Å². The van der Waals surface area contributed by atoms with Crippen molar-refractivity contribution in [3.05, 3.63) is 0 Å². The summed E-state index contributed by atoms with van der Waals surface area (Å²) in [6.07, 6.45) is -0.0489. The van der Waals surface area contributed by atoms with E-state index in [9.17, 15) is 9.18 Å². The van der Waals surface area contributed by atoms with E-state index in [0.717, 1.165) is 13.1 Å². The first-order valence-electron chi connectivity index (χ1n) is 5.48. The van der Waals surface area contributed by atoms with Gasteiger partial charge in [0.1, 0.15) is 5.60 Å². The number of alkyl halides is 1. The third-order valence-corrected chi connectivity index (χ3v) is 2.43. The fraction of sp³-hybridized carbons (Fsp3) is 0.909. The number of piperidine rings is 1. The molecule has 0 spiro atoms. The van der Waals surface area contributed by atoms with E-state index in [1.165, 1.54) is 0 Å². The molecule has 0 bridgehead atoms. The Morgan fingerprint density at radius 1 is 1.40 bits per heavy atom. The first kappa shape index (κ1) is 12.4. The average Bonchev–Trinajstić information content (AvgIpc) is 2.15. The van der Waals surface area contributed by atoms with E-state index < -0.39 is 17.7 Å². The van der Waals surface area contributed by atoms with Gasteiger partial charge in [-0.25, -0.2) is 9.18 Å². The molecule has 0 aromatic rings. The molecule has 1 heterocycles. The van der Waals surface area contributed by atoms with Crippen LogP contribution in [0.15, 0.2) is 0 Å².